The third kappa shape index (κ3) is 9.68. The van der Waals surface area contributed by atoms with E-state index >= 15 is 0 Å². The van der Waals surface area contributed by atoms with Crippen LogP contribution in [0, 0.1) is 0 Å². The number of carbonyl (C=O) groups is 1. The largest absolute Gasteiger partial charge is 0.493 e. The summed E-state index contributed by atoms with van der Waals surface area (Å²) in [4.78, 5) is 11.9. The highest BCUT2D eigenvalue weighted by molar-refractivity contribution is 5.69. The maximum atomic E-state index is 11.9. The molecule has 0 radical (unpaired) electrons. The van der Waals surface area contributed by atoms with Crippen LogP contribution in [0.1, 0.15) is 57.9 Å². The number of rotatable bonds is 15. The number of hydrogen-bond acceptors (Lipinski definition) is 5. The predicted octanol–water partition coefficient (Wildman–Crippen LogP) is 5.95. The van der Waals surface area contributed by atoms with E-state index in [2.05, 4.69) is 13.8 Å². The second-order valence-electron chi connectivity index (χ2n) is 7.14. The normalized spacial score (nSPS) is 10.5. The van der Waals surface area contributed by atoms with Crippen molar-refractivity contribution in [3.8, 4) is 17.2 Å². The minimum absolute atomic E-state index is 0.220. The fraction of sp³-hybridized carbons (Fsp3) is 0.480. The maximum absolute atomic E-state index is 11.9. The second kappa shape index (κ2) is 14.3. The molecule has 0 saturated carbocycles. The molecule has 0 saturated heterocycles. The van der Waals surface area contributed by atoms with Gasteiger partial charge in [0.15, 0.2) is 0 Å². The van der Waals surface area contributed by atoms with E-state index in [0.29, 0.717) is 45.0 Å². The highest BCUT2D eigenvalue weighted by Gasteiger charge is 2.07. The van der Waals surface area contributed by atoms with Gasteiger partial charge in [0.2, 0.25) is 0 Å². The monoisotopic (exact) mass is 414 g/mol. The summed E-state index contributed by atoms with van der Waals surface area (Å²) in [5.74, 6) is 1.96. The van der Waals surface area contributed by atoms with Crippen LogP contribution in [-0.2, 0) is 16.1 Å². The molecule has 0 N–H and O–H groups in total. The first kappa shape index (κ1) is 23.6. The van der Waals surface area contributed by atoms with E-state index in [1.54, 1.807) is 0 Å². The Labute approximate surface area is 180 Å². The molecule has 0 bridgehead atoms. The van der Waals surface area contributed by atoms with E-state index in [1.807, 2.05) is 48.5 Å². The van der Waals surface area contributed by atoms with Gasteiger partial charge in [-0.25, -0.2) is 0 Å². The van der Waals surface area contributed by atoms with Gasteiger partial charge in [0.05, 0.1) is 19.8 Å². The van der Waals surface area contributed by atoms with Gasteiger partial charge in [-0.15, -0.1) is 0 Å². The van der Waals surface area contributed by atoms with E-state index in [-0.39, 0.29) is 5.97 Å². The van der Waals surface area contributed by atoms with Crippen molar-refractivity contribution in [3.63, 3.8) is 0 Å². The molecule has 0 atom stereocenters. The van der Waals surface area contributed by atoms with E-state index in [4.69, 9.17) is 18.9 Å². The number of hydrogen-bond donors (Lipinski definition) is 0. The van der Waals surface area contributed by atoms with Gasteiger partial charge >= 0.3 is 5.97 Å². The number of benzene rings is 2. The summed E-state index contributed by atoms with van der Waals surface area (Å²) in [6, 6.07) is 15.3. The maximum Gasteiger partial charge on any atom is 0.306 e. The van der Waals surface area contributed by atoms with Crippen molar-refractivity contribution in [1.29, 1.82) is 0 Å². The third-order valence-electron chi connectivity index (χ3n) is 4.42. The van der Waals surface area contributed by atoms with Gasteiger partial charge in [0, 0.05) is 24.6 Å². The summed E-state index contributed by atoms with van der Waals surface area (Å²) in [7, 11) is 0. The molecule has 0 aromatic heterocycles. The van der Waals surface area contributed by atoms with Crippen molar-refractivity contribution >= 4 is 5.97 Å². The van der Waals surface area contributed by atoms with Crippen LogP contribution in [0.2, 0.25) is 0 Å². The first-order valence-electron chi connectivity index (χ1n) is 10.9. The van der Waals surface area contributed by atoms with E-state index < -0.39 is 0 Å². The Morgan fingerprint density at radius 3 is 1.73 bits per heavy atom. The number of ether oxygens (including phenoxy) is 4. The standard InChI is InChI=1S/C25H34O5/c1-3-5-14-27-22-17-23(28-15-6-4-2)19-24(18-22)29-16-10-13-25(26)30-20-21-11-8-7-9-12-21/h7-9,11-12,17-19H,3-6,10,13-16,20H2,1-2H3. The highest BCUT2D eigenvalue weighted by atomic mass is 16.5. The Kier molecular flexibility index (Phi) is 11.3. The van der Waals surface area contributed by atoms with Crippen LogP contribution in [0.3, 0.4) is 0 Å². The molecule has 0 heterocycles. The van der Waals surface area contributed by atoms with Crippen LogP contribution >= 0.6 is 0 Å². The Hall–Kier alpha value is -2.69. The molecule has 0 aliphatic heterocycles. The first-order valence-corrected chi connectivity index (χ1v) is 10.9. The van der Waals surface area contributed by atoms with Crippen LogP contribution in [0.5, 0.6) is 17.2 Å². The number of unbranched alkanes of at least 4 members (excludes halogenated alkanes) is 2. The predicted molar refractivity (Wildman–Crippen MR) is 118 cm³/mol. The van der Waals surface area contributed by atoms with Crippen molar-refractivity contribution < 1.29 is 23.7 Å². The molecule has 0 fully saturated rings. The van der Waals surface area contributed by atoms with Crippen LogP contribution < -0.4 is 14.2 Å². The van der Waals surface area contributed by atoms with Crippen LogP contribution in [-0.4, -0.2) is 25.8 Å². The van der Waals surface area contributed by atoms with Gasteiger partial charge in [0.25, 0.3) is 0 Å². The lowest BCUT2D eigenvalue weighted by Crippen LogP contribution is -2.07. The fourth-order valence-corrected chi connectivity index (χ4v) is 2.68. The molecular formula is C25H34O5. The van der Waals surface area contributed by atoms with Crippen molar-refractivity contribution in [3.05, 3.63) is 54.1 Å². The zero-order valence-corrected chi connectivity index (χ0v) is 18.2. The average Bonchev–Trinajstić information content (AvgIpc) is 2.76. The van der Waals surface area contributed by atoms with Crippen molar-refractivity contribution in [2.24, 2.45) is 0 Å². The summed E-state index contributed by atoms with van der Waals surface area (Å²) >= 11 is 0. The minimum atomic E-state index is -0.220. The van der Waals surface area contributed by atoms with Gasteiger partial charge in [-0.2, -0.15) is 0 Å². The van der Waals surface area contributed by atoms with E-state index in [0.717, 1.165) is 42.7 Å². The van der Waals surface area contributed by atoms with Crippen LogP contribution in [0.4, 0.5) is 0 Å². The summed E-state index contributed by atoms with van der Waals surface area (Å²) in [6.45, 7) is 6.33. The molecular weight excluding hydrogens is 380 g/mol. The number of esters is 1. The molecule has 5 nitrogen and oxygen atoms in total. The molecule has 5 heteroatoms. The lowest BCUT2D eigenvalue weighted by molar-refractivity contribution is -0.145. The van der Waals surface area contributed by atoms with Crippen molar-refractivity contribution in [2.45, 2.75) is 59.0 Å². The molecule has 0 amide bonds. The van der Waals surface area contributed by atoms with E-state index in [9.17, 15) is 4.79 Å². The quantitative estimate of drug-likeness (QED) is 0.266. The smallest absolute Gasteiger partial charge is 0.306 e. The minimum Gasteiger partial charge on any atom is -0.493 e. The first-order chi connectivity index (χ1) is 14.7. The van der Waals surface area contributed by atoms with Crippen molar-refractivity contribution in [2.75, 3.05) is 19.8 Å². The Morgan fingerprint density at radius 2 is 1.23 bits per heavy atom. The summed E-state index contributed by atoms with van der Waals surface area (Å²) < 4.78 is 22.8. The Balaban J connectivity index is 1.78. The summed E-state index contributed by atoms with van der Waals surface area (Å²) in [5, 5.41) is 0. The SMILES string of the molecule is CCCCOc1cc(OCCCC)cc(OCCCC(=O)OCc2ccccc2)c1. The summed E-state index contributed by atoms with van der Waals surface area (Å²) in [5.41, 5.74) is 0.984. The molecule has 2 aromatic carbocycles. The lowest BCUT2D eigenvalue weighted by atomic mass is 10.2. The highest BCUT2D eigenvalue weighted by Crippen LogP contribution is 2.28. The van der Waals surface area contributed by atoms with Gasteiger partial charge in [0.1, 0.15) is 23.9 Å². The average molecular weight is 415 g/mol. The zero-order chi connectivity index (χ0) is 21.4. The van der Waals surface area contributed by atoms with Crippen LogP contribution in [0.15, 0.2) is 48.5 Å². The zero-order valence-electron chi connectivity index (χ0n) is 18.2. The molecule has 0 aliphatic rings. The molecule has 2 aromatic rings. The van der Waals surface area contributed by atoms with Crippen LogP contribution in [0.25, 0.3) is 0 Å². The number of carbonyl (C=O) groups excluding carboxylic acids is 1. The molecule has 0 aliphatic carbocycles. The van der Waals surface area contributed by atoms with Gasteiger partial charge in [-0.05, 0) is 24.8 Å². The van der Waals surface area contributed by atoms with Gasteiger partial charge in [-0.1, -0.05) is 57.0 Å². The molecule has 0 unspecified atom stereocenters. The fourth-order valence-electron chi connectivity index (χ4n) is 2.68. The molecule has 30 heavy (non-hydrogen) atoms. The Bertz CT molecular complexity index is 701. The van der Waals surface area contributed by atoms with E-state index in [1.165, 1.54) is 0 Å². The van der Waals surface area contributed by atoms with Crippen molar-refractivity contribution in [1.82, 2.24) is 0 Å². The third-order valence-corrected chi connectivity index (χ3v) is 4.42. The molecule has 0 spiro atoms. The summed E-state index contributed by atoms with van der Waals surface area (Å²) in [6.07, 6.45) is 5.07. The molecule has 2 rings (SSSR count). The molecule has 164 valence electrons. The second-order valence-corrected chi connectivity index (χ2v) is 7.14. The van der Waals surface area contributed by atoms with Gasteiger partial charge in [-0.3, -0.25) is 4.79 Å². The lowest BCUT2D eigenvalue weighted by Gasteiger charge is -2.13. The topological polar surface area (TPSA) is 54.0 Å². The Morgan fingerprint density at radius 1 is 0.733 bits per heavy atom. The van der Waals surface area contributed by atoms with Gasteiger partial charge < -0.3 is 18.9 Å².